The van der Waals surface area contributed by atoms with Gasteiger partial charge in [0.1, 0.15) is 6.04 Å². The van der Waals surface area contributed by atoms with E-state index in [9.17, 15) is 4.79 Å². The smallest absolute Gasteiger partial charge is 0.321 e. The van der Waals surface area contributed by atoms with Crippen LogP contribution in [-0.4, -0.2) is 28.6 Å². The highest BCUT2D eigenvalue weighted by Gasteiger charge is 2.09. The maximum absolute atomic E-state index is 10.2. The molecule has 0 aromatic carbocycles. The molecule has 0 aliphatic carbocycles. The second-order valence-electron chi connectivity index (χ2n) is 2.10. The predicted molar refractivity (Wildman–Crippen MR) is 47.8 cm³/mol. The summed E-state index contributed by atoms with van der Waals surface area (Å²) < 4.78 is 0. The molecule has 11 heavy (non-hydrogen) atoms. The Bertz CT molecular complexity index is 138. The highest BCUT2D eigenvalue weighted by atomic mass is 32.2. The molecule has 0 aromatic heterocycles. The van der Waals surface area contributed by atoms with E-state index in [0.29, 0.717) is 5.75 Å². The van der Waals surface area contributed by atoms with Crippen LogP contribution in [0, 0.1) is 0 Å². The second-order valence-corrected chi connectivity index (χ2v) is 3.25. The van der Waals surface area contributed by atoms with Gasteiger partial charge in [0.05, 0.1) is 0 Å². The minimum Gasteiger partial charge on any atom is -0.480 e. The number of carboxylic acid groups (broad SMARTS) is 1. The van der Waals surface area contributed by atoms with Crippen molar-refractivity contribution in [1.29, 1.82) is 0 Å². The molecule has 0 aliphatic rings. The minimum atomic E-state index is -0.934. The van der Waals surface area contributed by atoms with Crippen LogP contribution in [0.15, 0.2) is 12.7 Å². The topological polar surface area (TPSA) is 63.3 Å². The number of hydrogen-bond acceptors (Lipinski definition) is 3. The highest BCUT2D eigenvalue weighted by molar-refractivity contribution is 7.99. The van der Waals surface area contributed by atoms with Gasteiger partial charge in [-0.05, 0) is 12.2 Å². The Morgan fingerprint density at radius 2 is 2.45 bits per heavy atom. The van der Waals surface area contributed by atoms with Gasteiger partial charge < -0.3 is 10.8 Å². The fourth-order valence-corrected chi connectivity index (χ4v) is 1.34. The maximum Gasteiger partial charge on any atom is 0.321 e. The monoisotopic (exact) mass is 175 g/mol. The number of carbonyl (C=O) groups is 1. The Morgan fingerprint density at radius 1 is 1.82 bits per heavy atom. The van der Waals surface area contributed by atoms with E-state index in [1.807, 2.05) is 0 Å². The SMILES string of the molecule is C=CCCSC[C@@H](N)C(=O)O. The summed E-state index contributed by atoms with van der Waals surface area (Å²) in [5.41, 5.74) is 5.25. The first-order valence-electron chi connectivity index (χ1n) is 3.35. The van der Waals surface area contributed by atoms with E-state index in [-0.39, 0.29) is 0 Å². The molecule has 0 saturated heterocycles. The standard InChI is InChI=1S/C7H13NO2S/c1-2-3-4-11-5-6(8)7(9)10/h2,6H,1,3-5,8H2,(H,9,10)/t6-/m1/s1. The molecule has 0 heterocycles. The van der Waals surface area contributed by atoms with E-state index in [2.05, 4.69) is 6.58 Å². The third kappa shape index (κ3) is 5.94. The van der Waals surface area contributed by atoms with E-state index < -0.39 is 12.0 Å². The maximum atomic E-state index is 10.2. The van der Waals surface area contributed by atoms with Crippen LogP contribution in [0.4, 0.5) is 0 Å². The van der Waals surface area contributed by atoms with Crippen LogP contribution in [0.1, 0.15) is 6.42 Å². The van der Waals surface area contributed by atoms with Crippen molar-refractivity contribution in [3.8, 4) is 0 Å². The van der Waals surface area contributed by atoms with E-state index in [1.165, 1.54) is 11.8 Å². The number of aliphatic carboxylic acids is 1. The molecule has 0 rings (SSSR count). The van der Waals surface area contributed by atoms with Crippen LogP contribution in [-0.2, 0) is 4.79 Å². The lowest BCUT2D eigenvalue weighted by Gasteiger charge is -2.03. The van der Waals surface area contributed by atoms with Gasteiger partial charge in [-0.1, -0.05) is 6.08 Å². The molecule has 3 nitrogen and oxygen atoms in total. The summed E-state index contributed by atoms with van der Waals surface area (Å²) in [4.78, 5) is 10.2. The van der Waals surface area contributed by atoms with Gasteiger partial charge >= 0.3 is 5.97 Å². The molecule has 0 saturated carbocycles. The summed E-state index contributed by atoms with van der Waals surface area (Å²) >= 11 is 1.54. The normalized spacial score (nSPS) is 12.5. The van der Waals surface area contributed by atoms with Crippen molar-refractivity contribution >= 4 is 17.7 Å². The van der Waals surface area contributed by atoms with E-state index in [0.717, 1.165) is 12.2 Å². The van der Waals surface area contributed by atoms with Crippen molar-refractivity contribution in [3.05, 3.63) is 12.7 Å². The molecule has 64 valence electrons. The number of allylic oxidation sites excluding steroid dienone is 1. The third-order valence-corrected chi connectivity index (χ3v) is 2.20. The lowest BCUT2D eigenvalue weighted by Crippen LogP contribution is -2.32. The van der Waals surface area contributed by atoms with Crippen LogP contribution in [0.5, 0.6) is 0 Å². The predicted octanol–water partition coefficient (Wildman–Crippen LogP) is 0.708. The lowest BCUT2D eigenvalue weighted by atomic mass is 10.4. The second kappa shape index (κ2) is 6.24. The Hall–Kier alpha value is -0.480. The van der Waals surface area contributed by atoms with Crippen molar-refractivity contribution in [2.24, 2.45) is 5.73 Å². The molecule has 0 amide bonds. The van der Waals surface area contributed by atoms with Gasteiger partial charge in [0.2, 0.25) is 0 Å². The van der Waals surface area contributed by atoms with Crippen LogP contribution in [0.25, 0.3) is 0 Å². The molecule has 0 aliphatic heterocycles. The van der Waals surface area contributed by atoms with Crippen molar-refractivity contribution < 1.29 is 9.90 Å². The molecular weight excluding hydrogens is 162 g/mol. The Labute approximate surface area is 70.7 Å². The van der Waals surface area contributed by atoms with Crippen LogP contribution in [0.2, 0.25) is 0 Å². The number of thioether (sulfide) groups is 1. The third-order valence-electron chi connectivity index (χ3n) is 1.08. The Morgan fingerprint density at radius 3 is 2.91 bits per heavy atom. The highest BCUT2D eigenvalue weighted by Crippen LogP contribution is 2.03. The summed E-state index contributed by atoms with van der Waals surface area (Å²) in [7, 11) is 0. The van der Waals surface area contributed by atoms with Gasteiger partial charge in [0.15, 0.2) is 0 Å². The van der Waals surface area contributed by atoms with Gasteiger partial charge in [-0.15, -0.1) is 6.58 Å². The largest absolute Gasteiger partial charge is 0.480 e. The van der Waals surface area contributed by atoms with E-state index >= 15 is 0 Å². The number of carboxylic acids is 1. The molecule has 1 atom stereocenters. The summed E-state index contributed by atoms with van der Waals surface area (Å²) in [6, 6.07) is -0.732. The fourth-order valence-electron chi connectivity index (χ4n) is 0.448. The average Bonchev–Trinajstić information content (AvgIpc) is 1.97. The van der Waals surface area contributed by atoms with Gasteiger partial charge in [0.25, 0.3) is 0 Å². The molecule has 0 bridgehead atoms. The lowest BCUT2D eigenvalue weighted by molar-refractivity contribution is -0.137. The van der Waals surface area contributed by atoms with Crippen LogP contribution in [0.3, 0.4) is 0 Å². The zero-order valence-electron chi connectivity index (χ0n) is 6.32. The molecule has 3 N–H and O–H groups in total. The number of nitrogens with two attached hydrogens (primary N) is 1. The summed E-state index contributed by atoms with van der Waals surface area (Å²) in [5, 5.41) is 8.38. The molecule has 0 unspecified atom stereocenters. The van der Waals surface area contributed by atoms with Crippen LogP contribution < -0.4 is 5.73 Å². The van der Waals surface area contributed by atoms with Crippen molar-refractivity contribution in [3.63, 3.8) is 0 Å². The van der Waals surface area contributed by atoms with Crippen molar-refractivity contribution in [2.75, 3.05) is 11.5 Å². The molecule has 0 fully saturated rings. The van der Waals surface area contributed by atoms with Crippen molar-refractivity contribution in [1.82, 2.24) is 0 Å². The molecule has 4 heteroatoms. The summed E-state index contributed by atoms with van der Waals surface area (Å²) in [5.74, 6) is 0.435. The first-order valence-corrected chi connectivity index (χ1v) is 4.51. The molecule has 0 aromatic rings. The Kier molecular flexibility index (Phi) is 5.97. The molecular formula is C7H13NO2S. The Balaban J connectivity index is 3.24. The first-order chi connectivity index (χ1) is 5.18. The van der Waals surface area contributed by atoms with Gasteiger partial charge in [-0.2, -0.15) is 11.8 Å². The number of rotatable bonds is 6. The summed E-state index contributed by atoms with van der Waals surface area (Å²) in [6.07, 6.45) is 2.70. The van der Waals surface area contributed by atoms with Crippen molar-refractivity contribution in [2.45, 2.75) is 12.5 Å². The average molecular weight is 175 g/mol. The number of hydrogen-bond donors (Lipinski definition) is 2. The van der Waals surface area contributed by atoms with Gasteiger partial charge in [-0.25, -0.2) is 0 Å². The molecule has 0 spiro atoms. The van der Waals surface area contributed by atoms with E-state index in [1.54, 1.807) is 6.08 Å². The van der Waals surface area contributed by atoms with Crippen LogP contribution >= 0.6 is 11.8 Å². The fraction of sp³-hybridized carbons (Fsp3) is 0.571. The van der Waals surface area contributed by atoms with E-state index in [4.69, 9.17) is 10.8 Å². The minimum absolute atomic E-state index is 0.475. The summed E-state index contributed by atoms with van der Waals surface area (Å²) in [6.45, 7) is 3.55. The van der Waals surface area contributed by atoms with Gasteiger partial charge in [-0.3, -0.25) is 4.79 Å². The zero-order chi connectivity index (χ0) is 8.69. The zero-order valence-corrected chi connectivity index (χ0v) is 7.14. The molecule has 0 radical (unpaired) electrons. The van der Waals surface area contributed by atoms with Gasteiger partial charge in [0, 0.05) is 5.75 Å². The first kappa shape index (κ1) is 10.5. The quantitative estimate of drug-likeness (QED) is 0.461.